The quantitative estimate of drug-likeness (QED) is 0.336. The first kappa shape index (κ1) is 24.3. The van der Waals surface area contributed by atoms with Gasteiger partial charge in [0.2, 0.25) is 12.3 Å². The second-order valence-corrected chi connectivity index (χ2v) is 9.16. The van der Waals surface area contributed by atoms with Crippen molar-refractivity contribution in [3.05, 3.63) is 17.3 Å². The van der Waals surface area contributed by atoms with Gasteiger partial charge in [-0.3, -0.25) is 14.8 Å². The fraction of sp³-hybridized carbons (Fsp3) is 0.727. The van der Waals surface area contributed by atoms with Crippen LogP contribution in [0.3, 0.4) is 0 Å². The van der Waals surface area contributed by atoms with E-state index in [1.165, 1.54) is 0 Å². The molecular weight excluding hydrogens is 415 g/mol. The molecule has 0 bridgehead atoms. The predicted molar refractivity (Wildman–Crippen MR) is 118 cm³/mol. The van der Waals surface area contributed by atoms with E-state index in [9.17, 15) is 14.8 Å². The van der Waals surface area contributed by atoms with Gasteiger partial charge in [0.05, 0.1) is 19.0 Å². The molecule has 32 heavy (non-hydrogen) atoms. The van der Waals surface area contributed by atoms with Gasteiger partial charge in [0.15, 0.2) is 11.6 Å². The minimum atomic E-state index is -0.558. The highest BCUT2D eigenvalue weighted by molar-refractivity contribution is 5.79. The van der Waals surface area contributed by atoms with Crippen molar-refractivity contribution in [2.75, 3.05) is 38.1 Å². The number of likely N-dealkylation sites (N-methyl/N-ethyl adjacent to an activating group) is 1. The Hall–Kier alpha value is -2.33. The average Bonchev–Trinajstić information content (AvgIpc) is 3.28. The van der Waals surface area contributed by atoms with Crippen LogP contribution >= 0.6 is 0 Å². The summed E-state index contributed by atoms with van der Waals surface area (Å²) in [5.41, 5.74) is 0.142. The largest absolute Gasteiger partial charge is 0.351 e. The first-order valence-electron chi connectivity index (χ1n) is 11.4. The highest BCUT2D eigenvalue weighted by atomic mass is 19.1. The maximum atomic E-state index is 15.3. The molecule has 178 valence electrons. The number of piperazine rings is 1. The summed E-state index contributed by atoms with van der Waals surface area (Å²) in [5, 5.41) is 12.9. The molecule has 3 rings (SSSR count). The minimum Gasteiger partial charge on any atom is -0.351 e. The standard InChI is InChI=1S/C22H35FN6O3/c1-15-12-28(9-8-27(15)3)21-20(23)19(25-16(2)26-21)11-24-22(31)18(13-29(32)14-30)10-17-6-4-5-7-17/h14-15,17-18,32H,4-13H2,1-3H3,(H,24,31)/t15-,18+/m0/s1. The molecule has 0 aromatic carbocycles. The van der Waals surface area contributed by atoms with Gasteiger partial charge in [-0.1, -0.05) is 25.7 Å². The van der Waals surface area contributed by atoms with Gasteiger partial charge >= 0.3 is 0 Å². The molecule has 1 aromatic heterocycles. The second kappa shape index (κ2) is 11.0. The topological polar surface area (TPSA) is 102 Å². The van der Waals surface area contributed by atoms with Gasteiger partial charge in [0.25, 0.3) is 0 Å². The van der Waals surface area contributed by atoms with E-state index in [0.717, 1.165) is 32.2 Å². The Kier molecular flexibility index (Phi) is 8.36. The van der Waals surface area contributed by atoms with Gasteiger partial charge in [-0.25, -0.2) is 19.4 Å². The van der Waals surface area contributed by atoms with E-state index in [4.69, 9.17) is 0 Å². The monoisotopic (exact) mass is 450 g/mol. The number of anilines is 1. The molecule has 1 aromatic rings. The lowest BCUT2D eigenvalue weighted by Gasteiger charge is -2.38. The van der Waals surface area contributed by atoms with Gasteiger partial charge in [-0.2, -0.15) is 0 Å². The van der Waals surface area contributed by atoms with Gasteiger partial charge < -0.3 is 15.1 Å². The summed E-state index contributed by atoms with van der Waals surface area (Å²) in [6, 6.07) is 0.275. The molecule has 0 unspecified atom stereocenters. The first-order chi connectivity index (χ1) is 15.3. The molecule has 0 spiro atoms. The molecular formula is C22H35FN6O3. The molecule has 9 nitrogen and oxygen atoms in total. The van der Waals surface area contributed by atoms with Gasteiger partial charge in [0.1, 0.15) is 11.5 Å². The molecule has 2 heterocycles. The van der Waals surface area contributed by atoms with Crippen LogP contribution in [0.15, 0.2) is 0 Å². The van der Waals surface area contributed by atoms with Crippen LogP contribution in [-0.4, -0.2) is 76.7 Å². The van der Waals surface area contributed by atoms with E-state index < -0.39 is 11.7 Å². The van der Waals surface area contributed by atoms with Crippen LogP contribution in [0.1, 0.15) is 50.5 Å². The lowest BCUT2D eigenvalue weighted by Crippen LogP contribution is -2.50. The predicted octanol–water partition coefficient (Wildman–Crippen LogP) is 1.72. The summed E-state index contributed by atoms with van der Waals surface area (Å²) in [7, 11) is 2.05. The normalized spacial score (nSPS) is 20.9. The molecule has 2 N–H and O–H groups in total. The number of aromatic nitrogens is 2. The van der Waals surface area contributed by atoms with Crippen LogP contribution < -0.4 is 10.2 Å². The Bertz CT molecular complexity index is 804. The van der Waals surface area contributed by atoms with Crippen molar-refractivity contribution in [1.29, 1.82) is 0 Å². The van der Waals surface area contributed by atoms with Gasteiger partial charge in [-0.05, 0) is 33.2 Å². The fourth-order valence-electron chi connectivity index (χ4n) is 4.67. The molecule has 2 atom stereocenters. The maximum absolute atomic E-state index is 15.3. The Labute approximate surface area is 188 Å². The van der Waals surface area contributed by atoms with Gasteiger partial charge in [0, 0.05) is 25.7 Å². The number of hydroxylamine groups is 2. The Morgan fingerprint density at radius 2 is 2.06 bits per heavy atom. The fourth-order valence-corrected chi connectivity index (χ4v) is 4.67. The zero-order chi connectivity index (χ0) is 23.3. The number of halogens is 1. The van der Waals surface area contributed by atoms with Crippen LogP contribution in [0.25, 0.3) is 0 Å². The molecule has 0 radical (unpaired) electrons. The van der Waals surface area contributed by atoms with Crippen molar-refractivity contribution < 1.29 is 19.2 Å². The van der Waals surface area contributed by atoms with E-state index in [1.54, 1.807) is 6.92 Å². The number of carbonyl (C=O) groups is 2. The SMILES string of the molecule is Cc1nc(CNC(=O)[C@H](CC2CCCC2)CN(O)C=O)c(F)c(N2CCN(C)[C@@H](C)C2)n1. The molecule has 1 aliphatic heterocycles. The average molecular weight is 451 g/mol. The summed E-state index contributed by atoms with van der Waals surface area (Å²) in [5.74, 6) is -0.277. The Morgan fingerprint density at radius 3 is 2.72 bits per heavy atom. The summed E-state index contributed by atoms with van der Waals surface area (Å²) >= 11 is 0. The maximum Gasteiger partial charge on any atom is 0.233 e. The molecule has 1 saturated carbocycles. The lowest BCUT2D eigenvalue weighted by atomic mass is 9.92. The highest BCUT2D eigenvalue weighted by Gasteiger charge is 2.28. The van der Waals surface area contributed by atoms with Crippen LogP contribution in [0.2, 0.25) is 0 Å². The highest BCUT2D eigenvalue weighted by Crippen LogP contribution is 2.30. The molecule has 2 aliphatic rings. The lowest BCUT2D eigenvalue weighted by molar-refractivity contribution is -0.155. The summed E-state index contributed by atoms with van der Waals surface area (Å²) < 4.78 is 15.3. The van der Waals surface area contributed by atoms with Gasteiger partial charge in [-0.15, -0.1) is 0 Å². The summed E-state index contributed by atoms with van der Waals surface area (Å²) in [4.78, 5) is 36.4. The minimum absolute atomic E-state index is 0.0714. The number of nitrogens with zero attached hydrogens (tertiary/aromatic N) is 5. The van der Waals surface area contributed by atoms with Crippen molar-refractivity contribution in [3.63, 3.8) is 0 Å². The first-order valence-corrected chi connectivity index (χ1v) is 11.4. The molecule has 2 fully saturated rings. The molecule has 1 aliphatic carbocycles. The van der Waals surface area contributed by atoms with Crippen molar-refractivity contribution in [3.8, 4) is 0 Å². The second-order valence-electron chi connectivity index (χ2n) is 9.16. The van der Waals surface area contributed by atoms with Crippen molar-refractivity contribution in [2.24, 2.45) is 11.8 Å². The van der Waals surface area contributed by atoms with E-state index in [0.29, 0.717) is 42.7 Å². The summed E-state index contributed by atoms with van der Waals surface area (Å²) in [6.45, 7) is 5.79. The number of hydrogen-bond acceptors (Lipinski definition) is 7. The van der Waals surface area contributed by atoms with Crippen LogP contribution in [0.5, 0.6) is 0 Å². The zero-order valence-electron chi connectivity index (χ0n) is 19.3. The van der Waals surface area contributed by atoms with Crippen LogP contribution in [0, 0.1) is 24.6 Å². The third kappa shape index (κ3) is 6.13. The van der Waals surface area contributed by atoms with E-state index in [1.807, 2.05) is 11.9 Å². The van der Waals surface area contributed by atoms with Crippen LogP contribution in [0.4, 0.5) is 10.2 Å². The van der Waals surface area contributed by atoms with Crippen molar-refractivity contribution in [1.82, 2.24) is 25.2 Å². The Balaban J connectivity index is 1.69. The zero-order valence-corrected chi connectivity index (χ0v) is 19.3. The van der Waals surface area contributed by atoms with Crippen LogP contribution in [-0.2, 0) is 16.1 Å². The molecule has 2 amide bonds. The number of carbonyl (C=O) groups excluding carboxylic acids is 2. The number of rotatable bonds is 9. The Morgan fingerprint density at radius 1 is 1.34 bits per heavy atom. The number of nitrogens with one attached hydrogen (secondary N) is 1. The molecule has 1 saturated heterocycles. The third-order valence-corrected chi connectivity index (χ3v) is 6.70. The van der Waals surface area contributed by atoms with Crippen molar-refractivity contribution in [2.45, 2.75) is 58.5 Å². The van der Waals surface area contributed by atoms with E-state index in [-0.39, 0.29) is 36.6 Å². The summed E-state index contributed by atoms with van der Waals surface area (Å²) in [6.07, 6.45) is 5.24. The number of aryl methyl sites for hydroxylation is 1. The number of amides is 2. The number of hydrogen-bond donors (Lipinski definition) is 2. The van der Waals surface area contributed by atoms with Crippen molar-refractivity contribution >= 4 is 18.1 Å². The van der Waals surface area contributed by atoms with E-state index >= 15 is 4.39 Å². The third-order valence-electron chi connectivity index (χ3n) is 6.70. The smallest absolute Gasteiger partial charge is 0.233 e. The molecule has 10 heteroatoms. The van der Waals surface area contributed by atoms with E-state index in [2.05, 4.69) is 27.1 Å².